The van der Waals surface area contributed by atoms with Crippen LogP contribution in [0.2, 0.25) is 0 Å². The van der Waals surface area contributed by atoms with Crippen molar-refractivity contribution in [2.45, 2.75) is 27.7 Å². The number of aromatic nitrogens is 8. The number of nitrogens with zero attached hydrogens (tertiary/aromatic N) is 8. The maximum absolute atomic E-state index is 5.15. The van der Waals surface area contributed by atoms with Gasteiger partial charge in [0.05, 0.1) is 0 Å². The third kappa shape index (κ3) is 6.30. The average molecular weight is 537 g/mol. The molecule has 0 aliphatic heterocycles. The first-order valence-corrected chi connectivity index (χ1v) is 12.1. The fraction of sp³-hybridized carbons (Fsp3) is 0.143. The molecule has 0 fully saturated rings. The standard InChI is InChI=1S/4C7H6N2O/c1-5-2-6-7(8-3-5)10-4-9-6;1-5-2-3-8-7-6(5)9-4-10-7;1-5-2-3-6-7(9-5)10-4-8-6;1-5-9-6-3-2-4-8-7(6)10-5/h4*2-4H,1H3. The van der Waals surface area contributed by atoms with E-state index in [0.717, 1.165) is 38.9 Å². The topological polar surface area (TPSA) is 156 Å². The molecule has 0 radical (unpaired) electrons. The van der Waals surface area contributed by atoms with Gasteiger partial charge in [0, 0.05) is 31.2 Å². The average Bonchev–Trinajstić information content (AvgIpc) is 3.75. The van der Waals surface area contributed by atoms with Crippen LogP contribution in [0.3, 0.4) is 0 Å². The Balaban J connectivity index is 0.000000108. The lowest BCUT2D eigenvalue weighted by molar-refractivity contribution is 0.551. The van der Waals surface area contributed by atoms with Gasteiger partial charge in [-0.3, -0.25) is 0 Å². The van der Waals surface area contributed by atoms with Crippen LogP contribution < -0.4 is 0 Å². The minimum atomic E-state index is 0.602. The van der Waals surface area contributed by atoms with Crippen LogP contribution in [0.4, 0.5) is 0 Å². The van der Waals surface area contributed by atoms with Gasteiger partial charge in [-0.2, -0.15) is 0 Å². The first-order chi connectivity index (χ1) is 19.5. The molecule has 8 aromatic rings. The van der Waals surface area contributed by atoms with Gasteiger partial charge >= 0.3 is 0 Å². The van der Waals surface area contributed by atoms with E-state index in [1.54, 1.807) is 18.6 Å². The van der Waals surface area contributed by atoms with Crippen molar-refractivity contribution in [1.29, 1.82) is 0 Å². The van der Waals surface area contributed by atoms with E-state index in [1.807, 2.05) is 64.1 Å². The Morgan fingerprint density at radius 3 is 2.15 bits per heavy atom. The highest BCUT2D eigenvalue weighted by Gasteiger charge is 2.01. The Labute approximate surface area is 227 Å². The highest BCUT2D eigenvalue weighted by Crippen LogP contribution is 2.13. The van der Waals surface area contributed by atoms with E-state index in [0.29, 0.717) is 28.7 Å². The third-order valence-electron chi connectivity index (χ3n) is 5.37. The Kier molecular flexibility index (Phi) is 7.77. The molecule has 0 saturated carbocycles. The van der Waals surface area contributed by atoms with Crippen molar-refractivity contribution in [2.24, 2.45) is 0 Å². The molecule has 8 rings (SSSR count). The zero-order valence-corrected chi connectivity index (χ0v) is 22.1. The molecule has 8 aromatic heterocycles. The molecule has 0 bridgehead atoms. The van der Waals surface area contributed by atoms with Crippen molar-refractivity contribution in [1.82, 2.24) is 39.9 Å². The molecule has 40 heavy (non-hydrogen) atoms. The molecule has 0 unspecified atom stereocenters. The number of aryl methyl sites for hydroxylation is 4. The molecule has 0 aliphatic rings. The fourth-order valence-electron chi connectivity index (χ4n) is 3.48. The van der Waals surface area contributed by atoms with Crippen LogP contribution in [0.1, 0.15) is 22.7 Å². The summed E-state index contributed by atoms with van der Waals surface area (Å²) in [4.78, 5) is 32.0. The molecular formula is C28H24N8O4. The number of hydrogen-bond donors (Lipinski definition) is 0. The summed E-state index contributed by atoms with van der Waals surface area (Å²) >= 11 is 0. The fourth-order valence-corrected chi connectivity index (χ4v) is 3.48. The molecule has 8 heterocycles. The van der Waals surface area contributed by atoms with E-state index in [9.17, 15) is 0 Å². The Morgan fingerprint density at radius 1 is 0.575 bits per heavy atom. The van der Waals surface area contributed by atoms with E-state index >= 15 is 0 Å². The van der Waals surface area contributed by atoms with Crippen molar-refractivity contribution in [2.75, 3.05) is 0 Å². The molecule has 0 aromatic carbocycles. The summed E-state index contributed by atoms with van der Waals surface area (Å²) in [7, 11) is 0. The summed E-state index contributed by atoms with van der Waals surface area (Å²) in [5.41, 5.74) is 8.88. The van der Waals surface area contributed by atoms with E-state index < -0.39 is 0 Å². The second-order valence-electron chi connectivity index (χ2n) is 8.51. The van der Waals surface area contributed by atoms with Crippen molar-refractivity contribution >= 4 is 44.9 Å². The molecule has 0 amide bonds. The molecule has 200 valence electrons. The summed E-state index contributed by atoms with van der Waals surface area (Å²) in [6, 6.07) is 11.4. The summed E-state index contributed by atoms with van der Waals surface area (Å²) < 4.78 is 20.0. The lowest BCUT2D eigenvalue weighted by Crippen LogP contribution is -1.78. The highest BCUT2D eigenvalue weighted by molar-refractivity contribution is 5.71. The minimum Gasteiger partial charge on any atom is -0.425 e. The number of hydrogen-bond acceptors (Lipinski definition) is 12. The van der Waals surface area contributed by atoms with Gasteiger partial charge in [-0.15, -0.1) is 0 Å². The molecule has 0 atom stereocenters. The number of oxazole rings is 4. The molecule has 0 spiro atoms. The predicted octanol–water partition coefficient (Wildman–Crippen LogP) is 6.12. The van der Waals surface area contributed by atoms with Gasteiger partial charge in [-0.1, -0.05) is 0 Å². The smallest absolute Gasteiger partial charge is 0.246 e. The van der Waals surface area contributed by atoms with E-state index in [4.69, 9.17) is 17.7 Å². The van der Waals surface area contributed by atoms with Crippen LogP contribution in [0.15, 0.2) is 91.8 Å². The highest BCUT2D eigenvalue weighted by atomic mass is 16.4. The first-order valence-electron chi connectivity index (χ1n) is 12.1. The van der Waals surface area contributed by atoms with Gasteiger partial charge in [0.2, 0.25) is 22.9 Å². The second kappa shape index (κ2) is 11.9. The van der Waals surface area contributed by atoms with Gasteiger partial charge in [0.1, 0.15) is 22.1 Å². The lowest BCUT2D eigenvalue weighted by atomic mass is 10.3. The van der Waals surface area contributed by atoms with E-state index in [2.05, 4.69) is 39.9 Å². The molecule has 12 heteroatoms. The normalized spacial score (nSPS) is 10.5. The molecule has 0 aliphatic carbocycles. The maximum atomic E-state index is 5.15. The maximum Gasteiger partial charge on any atom is 0.246 e. The van der Waals surface area contributed by atoms with Crippen molar-refractivity contribution in [3.05, 3.63) is 96.9 Å². The minimum absolute atomic E-state index is 0.602. The van der Waals surface area contributed by atoms with Crippen LogP contribution in [0.5, 0.6) is 0 Å². The molecular weight excluding hydrogens is 512 g/mol. The third-order valence-corrected chi connectivity index (χ3v) is 5.37. The van der Waals surface area contributed by atoms with Gasteiger partial charge < -0.3 is 17.7 Å². The quantitative estimate of drug-likeness (QED) is 0.219. The number of pyridine rings is 4. The summed E-state index contributed by atoms with van der Waals surface area (Å²) in [5, 5.41) is 0. The molecule has 0 N–H and O–H groups in total. The van der Waals surface area contributed by atoms with Crippen LogP contribution >= 0.6 is 0 Å². The number of fused-ring (bicyclic) bond motifs is 4. The van der Waals surface area contributed by atoms with Crippen molar-refractivity contribution in [3.63, 3.8) is 0 Å². The Morgan fingerprint density at radius 2 is 1.32 bits per heavy atom. The largest absolute Gasteiger partial charge is 0.425 e. The monoisotopic (exact) mass is 536 g/mol. The summed E-state index contributed by atoms with van der Waals surface area (Å²) in [6.45, 7) is 7.68. The summed E-state index contributed by atoms with van der Waals surface area (Å²) in [6.07, 6.45) is 9.36. The van der Waals surface area contributed by atoms with Gasteiger partial charge in [0.25, 0.3) is 0 Å². The Hall–Kier alpha value is -5.52. The Bertz CT molecular complexity index is 1880. The van der Waals surface area contributed by atoms with Gasteiger partial charge in [-0.05, 0) is 68.3 Å². The predicted molar refractivity (Wildman–Crippen MR) is 146 cm³/mol. The number of rotatable bonds is 0. The zero-order chi connectivity index (χ0) is 27.9. The van der Waals surface area contributed by atoms with E-state index in [-0.39, 0.29) is 0 Å². The SMILES string of the molecule is Cc1ccc2ncoc2n1.Cc1ccnc2ocnc12.Cc1cnc2ocnc2c1.Cc1nc2cccnc2o1. The van der Waals surface area contributed by atoms with Crippen LogP contribution in [-0.2, 0) is 0 Å². The second-order valence-corrected chi connectivity index (χ2v) is 8.51. The van der Waals surface area contributed by atoms with Gasteiger partial charge in [-0.25, -0.2) is 39.9 Å². The van der Waals surface area contributed by atoms with Crippen LogP contribution in [0, 0.1) is 27.7 Å². The molecule has 0 saturated heterocycles. The van der Waals surface area contributed by atoms with Crippen LogP contribution in [-0.4, -0.2) is 39.9 Å². The van der Waals surface area contributed by atoms with Crippen molar-refractivity contribution < 1.29 is 17.7 Å². The van der Waals surface area contributed by atoms with E-state index in [1.165, 1.54) is 19.2 Å². The van der Waals surface area contributed by atoms with Crippen molar-refractivity contribution in [3.8, 4) is 0 Å². The molecule has 12 nitrogen and oxygen atoms in total. The summed E-state index contributed by atoms with van der Waals surface area (Å²) in [5.74, 6) is 0.661. The van der Waals surface area contributed by atoms with Gasteiger partial charge in [0.15, 0.2) is 25.1 Å². The lowest BCUT2D eigenvalue weighted by Gasteiger charge is -1.87. The van der Waals surface area contributed by atoms with Crippen LogP contribution in [0.25, 0.3) is 44.9 Å². The first kappa shape index (κ1) is 26.1. The zero-order valence-electron chi connectivity index (χ0n) is 22.1.